The minimum absolute atomic E-state index is 0.00173. The summed E-state index contributed by atoms with van der Waals surface area (Å²) in [6.07, 6.45) is 0.835. The van der Waals surface area contributed by atoms with Crippen molar-refractivity contribution in [2.24, 2.45) is 4.99 Å². The molecular weight excluding hydrogens is 675 g/mol. The number of aromatic nitrogens is 4. The van der Waals surface area contributed by atoms with Crippen molar-refractivity contribution < 1.29 is 19.0 Å². The molecule has 258 valence electrons. The van der Waals surface area contributed by atoms with Gasteiger partial charge in [-0.15, -0.1) is 10.2 Å². The highest BCUT2D eigenvalue weighted by Crippen LogP contribution is 2.39. The van der Waals surface area contributed by atoms with E-state index in [9.17, 15) is 4.79 Å². The molecule has 11 nitrogen and oxygen atoms in total. The van der Waals surface area contributed by atoms with Crippen LogP contribution in [0.1, 0.15) is 29.4 Å². The minimum atomic E-state index is -1.20. The summed E-state index contributed by atoms with van der Waals surface area (Å²) < 4.78 is 21.0. The predicted octanol–water partition coefficient (Wildman–Crippen LogP) is 7.40. The second-order valence-electron chi connectivity index (χ2n) is 13.2. The Bertz CT molecular complexity index is 1970. The summed E-state index contributed by atoms with van der Waals surface area (Å²) in [6, 6.07) is 21.1. The molecule has 5 aromatic rings. The number of hydrogen-bond donors (Lipinski definition) is 0. The summed E-state index contributed by atoms with van der Waals surface area (Å²) in [5.74, 6) is 1.52. The van der Waals surface area contributed by atoms with Gasteiger partial charge in [-0.3, -0.25) is 4.57 Å². The molecule has 6 rings (SSSR count). The molecule has 0 aliphatic carbocycles. The van der Waals surface area contributed by atoms with E-state index in [-0.39, 0.29) is 12.7 Å². The number of fused-ring (bicyclic) bond motifs is 1. The van der Waals surface area contributed by atoms with Gasteiger partial charge in [0.15, 0.2) is 27.3 Å². The average molecular weight is 718 g/mol. The van der Waals surface area contributed by atoms with Gasteiger partial charge in [0.05, 0.1) is 23.4 Å². The van der Waals surface area contributed by atoms with Crippen molar-refractivity contribution in [1.29, 1.82) is 0 Å². The fourth-order valence-electron chi connectivity index (χ4n) is 5.38. The molecular formula is C35H43N7O4S2Si. The van der Waals surface area contributed by atoms with E-state index in [1.165, 1.54) is 11.3 Å². The number of thiazole rings is 2. The maximum absolute atomic E-state index is 13.1. The third-order valence-corrected chi connectivity index (χ3v) is 12.1. The second kappa shape index (κ2) is 15.2. The summed E-state index contributed by atoms with van der Waals surface area (Å²) >= 11 is 3.03. The van der Waals surface area contributed by atoms with E-state index in [1.807, 2.05) is 67.4 Å². The van der Waals surface area contributed by atoms with Gasteiger partial charge in [-0.1, -0.05) is 72.6 Å². The van der Waals surface area contributed by atoms with Crippen LogP contribution in [0.4, 0.5) is 21.8 Å². The van der Waals surface area contributed by atoms with E-state index in [4.69, 9.17) is 24.2 Å². The number of rotatable bonds is 13. The van der Waals surface area contributed by atoms with Crippen LogP contribution in [-0.4, -0.2) is 73.2 Å². The maximum atomic E-state index is 13.1. The molecule has 4 heterocycles. The Morgan fingerprint density at radius 3 is 2.61 bits per heavy atom. The fraction of sp³-hybridized carbons (Fsp3) is 0.400. The van der Waals surface area contributed by atoms with Crippen LogP contribution >= 0.6 is 22.7 Å². The number of anilines is 3. The van der Waals surface area contributed by atoms with Crippen molar-refractivity contribution in [2.45, 2.75) is 58.8 Å². The largest absolute Gasteiger partial charge is 0.489 e. The van der Waals surface area contributed by atoms with Crippen LogP contribution in [0.15, 0.2) is 65.7 Å². The van der Waals surface area contributed by atoms with Gasteiger partial charge in [-0.2, -0.15) is 4.99 Å². The SMILES string of the molecule is CCOC(=O)c1nc(N(C)c2cc(C)c(/N=c3\sc4ccccc4n3COCC[Si](C)(C)C)nn2)sc1N1CC[C@@H](Oc2ccccc2)C1. The van der Waals surface area contributed by atoms with Crippen molar-refractivity contribution in [3.8, 4) is 5.75 Å². The summed E-state index contributed by atoms with van der Waals surface area (Å²) in [5, 5.41) is 10.5. The Morgan fingerprint density at radius 2 is 1.86 bits per heavy atom. The van der Waals surface area contributed by atoms with Crippen molar-refractivity contribution in [1.82, 2.24) is 19.7 Å². The maximum Gasteiger partial charge on any atom is 0.360 e. The molecule has 14 heteroatoms. The Morgan fingerprint density at radius 1 is 1.08 bits per heavy atom. The molecule has 1 fully saturated rings. The number of carbonyl (C=O) groups is 1. The highest BCUT2D eigenvalue weighted by atomic mass is 32.1. The number of aryl methyl sites for hydroxylation is 1. The highest BCUT2D eigenvalue weighted by molar-refractivity contribution is 7.20. The molecule has 0 unspecified atom stereocenters. The van der Waals surface area contributed by atoms with Gasteiger partial charge in [0, 0.05) is 34.7 Å². The van der Waals surface area contributed by atoms with Crippen LogP contribution in [0.2, 0.25) is 25.7 Å². The summed E-state index contributed by atoms with van der Waals surface area (Å²) in [6.45, 7) is 13.6. The standard InChI is InChI=1S/C35H43N7O4S2Si/c1-7-45-33(43)30-32(41-18-17-26(22-41)46-25-13-9-8-10-14-25)48-34(36-30)40(3)29-21-24(2)31(39-38-29)37-35-42(23-44-19-20-49(4,5)6)27-15-11-12-16-28(27)47-35/h8-16,21,26H,7,17-20,22-23H2,1-6H3/b37-35-/t26-/m1/s1. The number of esters is 1. The molecule has 3 aromatic heterocycles. The van der Waals surface area contributed by atoms with E-state index >= 15 is 0 Å². The van der Waals surface area contributed by atoms with E-state index in [0.717, 1.165) is 56.9 Å². The summed E-state index contributed by atoms with van der Waals surface area (Å²) in [7, 11) is 0.675. The minimum Gasteiger partial charge on any atom is -0.489 e. The van der Waals surface area contributed by atoms with Crippen molar-refractivity contribution in [3.63, 3.8) is 0 Å². The van der Waals surface area contributed by atoms with Crippen LogP contribution < -0.4 is 19.3 Å². The van der Waals surface area contributed by atoms with E-state index in [0.29, 0.717) is 35.7 Å². The first-order valence-electron chi connectivity index (χ1n) is 16.5. The predicted molar refractivity (Wildman–Crippen MR) is 200 cm³/mol. The van der Waals surface area contributed by atoms with Crippen LogP contribution in [-0.2, 0) is 16.2 Å². The number of para-hydroxylation sites is 2. The molecule has 1 aliphatic heterocycles. The number of hydrogen-bond acceptors (Lipinski definition) is 12. The molecule has 1 saturated heterocycles. The van der Waals surface area contributed by atoms with Gasteiger partial charge in [-0.05, 0) is 55.8 Å². The van der Waals surface area contributed by atoms with Crippen LogP contribution in [0.3, 0.4) is 0 Å². The van der Waals surface area contributed by atoms with Gasteiger partial charge in [0.1, 0.15) is 23.6 Å². The molecule has 0 radical (unpaired) electrons. The number of benzene rings is 2. The zero-order valence-electron chi connectivity index (χ0n) is 28.9. The molecule has 2 aromatic carbocycles. The molecule has 1 atom stereocenters. The van der Waals surface area contributed by atoms with Gasteiger partial charge < -0.3 is 24.0 Å². The lowest BCUT2D eigenvalue weighted by atomic mass is 10.3. The Kier molecular flexibility index (Phi) is 10.8. The van der Waals surface area contributed by atoms with Crippen LogP contribution in [0, 0.1) is 6.92 Å². The van der Waals surface area contributed by atoms with Gasteiger partial charge in [-0.25, -0.2) is 9.78 Å². The lowest BCUT2D eigenvalue weighted by Crippen LogP contribution is -2.25. The van der Waals surface area contributed by atoms with E-state index in [2.05, 4.69) is 51.4 Å². The summed E-state index contributed by atoms with van der Waals surface area (Å²) in [5.41, 5.74) is 2.24. The molecule has 49 heavy (non-hydrogen) atoms. The van der Waals surface area contributed by atoms with E-state index in [1.54, 1.807) is 18.3 Å². The molecule has 0 amide bonds. The van der Waals surface area contributed by atoms with Crippen molar-refractivity contribution in [2.75, 3.05) is 43.2 Å². The number of nitrogens with zero attached hydrogens (tertiary/aromatic N) is 7. The Labute approximate surface area is 295 Å². The Balaban J connectivity index is 1.24. The molecule has 0 saturated carbocycles. The molecule has 0 bridgehead atoms. The first-order valence-corrected chi connectivity index (χ1v) is 21.9. The Hall–Kier alpha value is -4.11. The van der Waals surface area contributed by atoms with Gasteiger partial charge in [0.2, 0.25) is 0 Å². The third kappa shape index (κ3) is 8.37. The smallest absolute Gasteiger partial charge is 0.360 e. The quantitative estimate of drug-likeness (QED) is 0.0700. The summed E-state index contributed by atoms with van der Waals surface area (Å²) in [4.78, 5) is 27.6. The number of ether oxygens (including phenoxy) is 3. The van der Waals surface area contributed by atoms with Crippen molar-refractivity contribution >= 4 is 68.7 Å². The zero-order chi connectivity index (χ0) is 34.5. The third-order valence-electron chi connectivity index (χ3n) is 8.13. The average Bonchev–Trinajstić information content (AvgIpc) is 3.81. The molecule has 1 aliphatic rings. The second-order valence-corrected chi connectivity index (χ2v) is 20.8. The van der Waals surface area contributed by atoms with Gasteiger partial charge >= 0.3 is 5.97 Å². The normalized spacial score (nSPS) is 15.3. The van der Waals surface area contributed by atoms with E-state index < -0.39 is 14.0 Å². The lowest BCUT2D eigenvalue weighted by molar-refractivity contribution is 0.0521. The first-order chi connectivity index (χ1) is 23.6. The highest BCUT2D eigenvalue weighted by Gasteiger charge is 2.32. The van der Waals surface area contributed by atoms with Crippen molar-refractivity contribution in [3.05, 3.63) is 76.7 Å². The lowest BCUT2D eigenvalue weighted by Gasteiger charge is -2.18. The monoisotopic (exact) mass is 717 g/mol. The number of carbonyl (C=O) groups excluding carboxylic acids is 1. The first kappa shape index (κ1) is 34.7. The molecule has 0 N–H and O–H groups in total. The van der Waals surface area contributed by atoms with Gasteiger partial charge in [0.25, 0.3) is 0 Å². The van der Waals surface area contributed by atoms with Crippen LogP contribution in [0.5, 0.6) is 5.75 Å². The fourth-order valence-corrected chi connectivity index (χ4v) is 8.22. The molecule has 0 spiro atoms. The zero-order valence-corrected chi connectivity index (χ0v) is 31.5. The van der Waals surface area contributed by atoms with Crippen LogP contribution in [0.25, 0.3) is 10.2 Å². The topological polar surface area (TPSA) is 107 Å².